The van der Waals surface area contributed by atoms with Gasteiger partial charge in [0.05, 0.1) is 26.4 Å². The number of esters is 1. The Kier molecular flexibility index (Phi) is 8.82. The lowest BCUT2D eigenvalue weighted by atomic mass is 10.0. The summed E-state index contributed by atoms with van der Waals surface area (Å²) in [7, 11) is 0. The molecule has 6 heteroatoms. The molecule has 0 spiro atoms. The van der Waals surface area contributed by atoms with Gasteiger partial charge in [0.25, 0.3) is 0 Å². The van der Waals surface area contributed by atoms with Crippen molar-refractivity contribution in [3.63, 3.8) is 0 Å². The Bertz CT molecular complexity index is 995. The molecular weight excluding hydrogens is 432 g/mol. The highest BCUT2D eigenvalue weighted by Gasteiger charge is 2.44. The second kappa shape index (κ2) is 12.4. The van der Waals surface area contributed by atoms with Crippen molar-refractivity contribution in [1.82, 2.24) is 0 Å². The van der Waals surface area contributed by atoms with Crippen LogP contribution < -0.4 is 0 Å². The number of rotatable bonds is 10. The number of hydrogen-bond donors (Lipinski definition) is 0. The third-order valence-corrected chi connectivity index (χ3v) is 5.54. The number of hydrogen-bond acceptors (Lipinski definition) is 6. The molecule has 0 amide bonds. The fraction of sp³-hybridized carbons (Fsp3) is 0.321. The molecule has 4 atom stereocenters. The van der Waals surface area contributed by atoms with Crippen molar-refractivity contribution in [2.75, 3.05) is 6.61 Å². The van der Waals surface area contributed by atoms with E-state index in [4.69, 9.17) is 23.7 Å². The zero-order valence-electron chi connectivity index (χ0n) is 19.2. The molecule has 0 bridgehead atoms. The first kappa shape index (κ1) is 24.1. The lowest BCUT2D eigenvalue weighted by Gasteiger charge is -2.41. The van der Waals surface area contributed by atoms with E-state index in [9.17, 15) is 4.79 Å². The lowest BCUT2D eigenvalue weighted by molar-refractivity contribution is -0.291. The SMILES string of the molecule is CC(=O)OC1OC[C@@H](OCc2ccccc2)[C@@H](OCc2ccccc2)[C@H]1OCc1ccccc1. The lowest BCUT2D eigenvalue weighted by Crippen LogP contribution is -2.57. The Morgan fingerprint density at radius 1 is 0.706 bits per heavy atom. The Morgan fingerprint density at radius 2 is 1.15 bits per heavy atom. The molecule has 1 aliphatic heterocycles. The summed E-state index contributed by atoms with van der Waals surface area (Å²) in [4.78, 5) is 11.8. The average molecular weight is 463 g/mol. The van der Waals surface area contributed by atoms with Crippen LogP contribution in [0.5, 0.6) is 0 Å². The molecule has 3 aromatic carbocycles. The van der Waals surface area contributed by atoms with Gasteiger partial charge in [0.1, 0.15) is 18.3 Å². The highest BCUT2D eigenvalue weighted by Crippen LogP contribution is 2.27. The van der Waals surface area contributed by atoms with Crippen LogP contribution in [0.3, 0.4) is 0 Å². The van der Waals surface area contributed by atoms with Crippen molar-refractivity contribution in [3.05, 3.63) is 108 Å². The van der Waals surface area contributed by atoms with Crippen LogP contribution >= 0.6 is 0 Å². The number of benzene rings is 3. The molecule has 0 radical (unpaired) electrons. The van der Waals surface area contributed by atoms with Crippen LogP contribution in [0, 0.1) is 0 Å². The van der Waals surface area contributed by atoms with Gasteiger partial charge in [0, 0.05) is 6.92 Å². The first-order chi connectivity index (χ1) is 16.7. The van der Waals surface area contributed by atoms with Crippen molar-refractivity contribution < 1.29 is 28.5 Å². The van der Waals surface area contributed by atoms with Crippen molar-refractivity contribution in [1.29, 1.82) is 0 Å². The molecule has 0 aliphatic carbocycles. The quantitative estimate of drug-likeness (QED) is 0.409. The Balaban J connectivity index is 1.53. The van der Waals surface area contributed by atoms with Gasteiger partial charge in [-0.2, -0.15) is 0 Å². The molecule has 6 nitrogen and oxygen atoms in total. The average Bonchev–Trinajstić information content (AvgIpc) is 2.87. The van der Waals surface area contributed by atoms with Gasteiger partial charge in [-0.15, -0.1) is 0 Å². The normalized spacial score (nSPS) is 22.3. The van der Waals surface area contributed by atoms with Gasteiger partial charge in [-0.3, -0.25) is 4.79 Å². The highest BCUT2D eigenvalue weighted by atomic mass is 16.7. The Hall–Kier alpha value is -3.03. The summed E-state index contributed by atoms with van der Waals surface area (Å²) < 4.78 is 30.2. The van der Waals surface area contributed by atoms with E-state index in [0.29, 0.717) is 19.8 Å². The van der Waals surface area contributed by atoms with E-state index in [0.717, 1.165) is 16.7 Å². The molecule has 4 rings (SSSR count). The minimum absolute atomic E-state index is 0.218. The molecular formula is C28H30O6. The van der Waals surface area contributed by atoms with Crippen LogP contribution in [0.4, 0.5) is 0 Å². The van der Waals surface area contributed by atoms with E-state index >= 15 is 0 Å². The second-order valence-corrected chi connectivity index (χ2v) is 8.17. The summed E-state index contributed by atoms with van der Waals surface area (Å²) >= 11 is 0. The van der Waals surface area contributed by atoms with Gasteiger partial charge in [-0.05, 0) is 16.7 Å². The molecule has 0 N–H and O–H groups in total. The van der Waals surface area contributed by atoms with Gasteiger partial charge in [0.2, 0.25) is 6.29 Å². The molecule has 1 saturated heterocycles. The number of carbonyl (C=O) groups excluding carboxylic acids is 1. The van der Waals surface area contributed by atoms with Gasteiger partial charge in [-0.25, -0.2) is 0 Å². The summed E-state index contributed by atoms with van der Waals surface area (Å²) in [6.07, 6.45) is -2.47. The summed E-state index contributed by atoms with van der Waals surface area (Å²) in [6.45, 7) is 2.67. The van der Waals surface area contributed by atoms with Gasteiger partial charge < -0.3 is 23.7 Å². The van der Waals surface area contributed by atoms with Gasteiger partial charge in [-0.1, -0.05) is 91.0 Å². The minimum atomic E-state index is -0.890. The zero-order chi connectivity index (χ0) is 23.6. The summed E-state index contributed by atoms with van der Waals surface area (Å²) in [6, 6.07) is 29.7. The first-order valence-electron chi connectivity index (χ1n) is 11.4. The largest absolute Gasteiger partial charge is 0.433 e. The molecule has 1 fully saturated rings. The molecule has 1 aliphatic rings. The standard InChI is InChI=1S/C28H30O6/c1-21(29)34-28-27(32-19-24-15-9-4-10-16-24)26(31-18-23-13-7-3-8-14-23)25(20-33-28)30-17-22-11-5-2-6-12-22/h2-16,25-28H,17-20H2,1H3/t25-,26-,27-,28?/m1/s1. The van der Waals surface area contributed by atoms with Crippen LogP contribution in [0.1, 0.15) is 23.6 Å². The maximum Gasteiger partial charge on any atom is 0.305 e. The van der Waals surface area contributed by atoms with E-state index < -0.39 is 30.6 Å². The van der Waals surface area contributed by atoms with Crippen molar-refractivity contribution in [3.8, 4) is 0 Å². The van der Waals surface area contributed by atoms with Crippen LogP contribution in [0.2, 0.25) is 0 Å². The molecule has 178 valence electrons. The predicted molar refractivity (Wildman–Crippen MR) is 127 cm³/mol. The van der Waals surface area contributed by atoms with Crippen molar-refractivity contribution >= 4 is 5.97 Å². The van der Waals surface area contributed by atoms with Gasteiger partial charge >= 0.3 is 5.97 Å². The molecule has 1 unspecified atom stereocenters. The van der Waals surface area contributed by atoms with E-state index in [1.54, 1.807) is 0 Å². The number of carbonyl (C=O) groups is 1. The Labute approximate surface area is 200 Å². The summed E-state index contributed by atoms with van der Waals surface area (Å²) in [5.74, 6) is -0.441. The van der Waals surface area contributed by atoms with Crippen molar-refractivity contribution in [2.24, 2.45) is 0 Å². The van der Waals surface area contributed by atoms with E-state index in [1.165, 1.54) is 6.92 Å². The van der Waals surface area contributed by atoms with E-state index in [2.05, 4.69) is 0 Å². The smallest absolute Gasteiger partial charge is 0.305 e. The zero-order valence-corrected chi connectivity index (χ0v) is 19.2. The highest BCUT2D eigenvalue weighted by molar-refractivity contribution is 5.66. The van der Waals surface area contributed by atoms with Crippen LogP contribution in [-0.4, -0.2) is 37.2 Å². The van der Waals surface area contributed by atoms with Crippen molar-refractivity contribution in [2.45, 2.75) is 51.3 Å². The van der Waals surface area contributed by atoms with Crippen LogP contribution in [-0.2, 0) is 48.3 Å². The fourth-order valence-corrected chi connectivity index (χ4v) is 3.84. The molecule has 34 heavy (non-hydrogen) atoms. The van der Waals surface area contributed by atoms with Crippen LogP contribution in [0.25, 0.3) is 0 Å². The first-order valence-corrected chi connectivity index (χ1v) is 11.4. The maximum absolute atomic E-state index is 11.8. The number of ether oxygens (including phenoxy) is 5. The minimum Gasteiger partial charge on any atom is -0.433 e. The summed E-state index contributed by atoms with van der Waals surface area (Å²) in [5.41, 5.74) is 3.08. The Morgan fingerprint density at radius 3 is 1.62 bits per heavy atom. The third-order valence-electron chi connectivity index (χ3n) is 5.54. The van der Waals surface area contributed by atoms with Gasteiger partial charge in [0.15, 0.2) is 0 Å². The third kappa shape index (κ3) is 6.98. The molecule has 3 aromatic rings. The molecule has 0 aromatic heterocycles. The molecule has 0 saturated carbocycles. The topological polar surface area (TPSA) is 63.2 Å². The van der Waals surface area contributed by atoms with E-state index in [1.807, 2.05) is 91.0 Å². The monoisotopic (exact) mass is 462 g/mol. The van der Waals surface area contributed by atoms with E-state index in [-0.39, 0.29) is 6.61 Å². The maximum atomic E-state index is 11.8. The summed E-state index contributed by atoms with van der Waals surface area (Å²) in [5, 5.41) is 0. The second-order valence-electron chi connectivity index (χ2n) is 8.17. The van der Waals surface area contributed by atoms with Crippen LogP contribution in [0.15, 0.2) is 91.0 Å². The molecule has 1 heterocycles. The fourth-order valence-electron chi connectivity index (χ4n) is 3.84. The predicted octanol–water partition coefficient (Wildman–Crippen LogP) is 4.66.